The molecule has 0 radical (unpaired) electrons. The van der Waals surface area contributed by atoms with Crippen molar-refractivity contribution < 1.29 is 22.4 Å². The van der Waals surface area contributed by atoms with Crippen LogP contribution in [0.4, 0.5) is 28.9 Å². The van der Waals surface area contributed by atoms with Gasteiger partial charge in [0, 0.05) is 34.3 Å². The molecule has 2 aromatic heterocycles. The number of carbonyl (C=O) groups excluding carboxylic acids is 1. The van der Waals surface area contributed by atoms with Gasteiger partial charge in [0.25, 0.3) is 5.91 Å². The Labute approximate surface area is 219 Å². The normalized spacial score (nSPS) is 13.6. The second-order valence-electron chi connectivity index (χ2n) is 9.13. The summed E-state index contributed by atoms with van der Waals surface area (Å²) in [4.78, 5) is 17.5. The molecular weight excluding hydrogens is 520 g/mol. The predicted molar refractivity (Wildman–Crippen MR) is 138 cm³/mol. The number of nitrogen functional groups attached to an aromatic ring is 1. The summed E-state index contributed by atoms with van der Waals surface area (Å²) >= 11 is 1.15. The number of hydrogen-bond acceptors (Lipinski definition) is 6. The lowest BCUT2D eigenvalue weighted by Gasteiger charge is -2.13. The summed E-state index contributed by atoms with van der Waals surface area (Å²) in [5, 5.41) is 10.9. The highest BCUT2D eigenvalue weighted by Gasteiger charge is 2.27. The van der Waals surface area contributed by atoms with Gasteiger partial charge in [-0.3, -0.25) is 4.79 Å². The van der Waals surface area contributed by atoms with Gasteiger partial charge in [0.1, 0.15) is 10.8 Å². The third kappa shape index (κ3) is 5.85. The second-order valence-corrected chi connectivity index (χ2v) is 10.2. The lowest BCUT2D eigenvalue weighted by molar-refractivity contribution is -0.131. The highest BCUT2D eigenvalue weighted by atomic mass is 32.2. The summed E-state index contributed by atoms with van der Waals surface area (Å²) in [5.41, 5.74) is 9.52. The number of carbonyl (C=O) groups is 1. The number of nitrogens with two attached hydrogens (primary N) is 1. The van der Waals surface area contributed by atoms with Crippen molar-refractivity contribution in [3.63, 3.8) is 0 Å². The molecule has 4 aromatic rings. The van der Waals surface area contributed by atoms with E-state index in [4.69, 9.17) is 5.73 Å². The largest absolute Gasteiger partial charge is 0.398 e. The molecule has 1 aliphatic carbocycles. The smallest absolute Gasteiger partial charge is 0.390 e. The molecule has 7 nitrogen and oxygen atoms in total. The van der Waals surface area contributed by atoms with Crippen LogP contribution in [0.5, 0.6) is 0 Å². The molecule has 1 fully saturated rings. The number of aryl methyl sites for hydroxylation is 1. The van der Waals surface area contributed by atoms with Gasteiger partial charge in [-0.15, -0.1) is 0 Å². The number of benzene rings is 2. The highest BCUT2D eigenvalue weighted by molar-refractivity contribution is 7.99. The van der Waals surface area contributed by atoms with E-state index < -0.39 is 18.4 Å². The van der Waals surface area contributed by atoms with Crippen molar-refractivity contribution in [3.05, 3.63) is 65.6 Å². The Morgan fingerprint density at radius 3 is 2.66 bits per heavy atom. The van der Waals surface area contributed by atoms with Crippen LogP contribution in [-0.4, -0.2) is 39.3 Å². The number of fused-ring (bicyclic) bond motifs is 1. The van der Waals surface area contributed by atoms with Gasteiger partial charge < -0.3 is 16.4 Å². The summed E-state index contributed by atoms with van der Waals surface area (Å²) in [6, 6.07) is 11.2. The molecule has 0 atom stereocenters. The lowest BCUT2D eigenvalue weighted by atomic mass is 10.0. The highest BCUT2D eigenvalue weighted by Crippen LogP contribution is 2.35. The Hall–Kier alpha value is -3.80. The van der Waals surface area contributed by atoms with E-state index >= 15 is 0 Å². The van der Waals surface area contributed by atoms with Gasteiger partial charge in [0.05, 0.1) is 24.0 Å². The Balaban J connectivity index is 1.52. The summed E-state index contributed by atoms with van der Waals surface area (Å²) in [6.45, 7) is 1.49. The van der Waals surface area contributed by atoms with Gasteiger partial charge in [0.15, 0.2) is 5.65 Å². The first-order valence-electron chi connectivity index (χ1n) is 11.9. The number of alkyl halides is 3. The van der Waals surface area contributed by atoms with E-state index in [1.165, 1.54) is 22.7 Å². The van der Waals surface area contributed by atoms with E-state index in [1.54, 1.807) is 24.4 Å². The Morgan fingerprint density at radius 1 is 1.18 bits per heavy atom. The summed E-state index contributed by atoms with van der Waals surface area (Å²) in [7, 11) is 0. The fourth-order valence-electron chi connectivity index (χ4n) is 3.96. The van der Waals surface area contributed by atoms with Crippen LogP contribution in [0, 0.1) is 12.7 Å². The molecule has 1 saturated carbocycles. The maximum Gasteiger partial charge on any atom is 0.390 e. The van der Waals surface area contributed by atoms with Crippen LogP contribution >= 0.6 is 11.8 Å². The zero-order chi connectivity index (χ0) is 27.0. The summed E-state index contributed by atoms with van der Waals surface area (Å²) in [5.74, 6) is -0.606. The van der Waals surface area contributed by atoms with E-state index in [-0.39, 0.29) is 24.2 Å². The van der Waals surface area contributed by atoms with E-state index in [1.807, 2.05) is 13.0 Å². The summed E-state index contributed by atoms with van der Waals surface area (Å²) in [6.07, 6.45) is -1.79. The van der Waals surface area contributed by atoms with Crippen molar-refractivity contribution in [3.8, 4) is 11.3 Å². The SMILES string of the molecule is Cc1cc(-c2cnc3c(NCCC(F)(F)F)cc(Sc4ccc(F)cc4N)nn23)ccc1C(=O)NC1CC1. The number of rotatable bonds is 8. The Kier molecular flexibility index (Phi) is 6.91. The van der Waals surface area contributed by atoms with Crippen molar-refractivity contribution in [2.75, 3.05) is 17.6 Å². The summed E-state index contributed by atoms with van der Waals surface area (Å²) < 4.78 is 53.4. The number of nitrogens with zero attached hydrogens (tertiary/aromatic N) is 3. The molecule has 0 aliphatic heterocycles. The lowest BCUT2D eigenvalue weighted by Crippen LogP contribution is -2.26. The molecule has 198 valence electrons. The van der Waals surface area contributed by atoms with Crippen LogP contribution in [0.3, 0.4) is 0 Å². The topological polar surface area (TPSA) is 97.3 Å². The van der Waals surface area contributed by atoms with Gasteiger partial charge >= 0.3 is 6.18 Å². The molecule has 0 saturated heterocycles. The van der Waals surface area contributed by atoms with E-state index in [0.717, 1.165) is 35.7 Å². The van der Waals surface area contributed by atoms with Gasteiger partial charge in [-0.1, -0.05) is 17.8 Å². The number of imidazole rings is 1. The van der Waals surface area contributed by atoms with Gasteiger partial charge in [0.2, 0.25) is 0 Å². The molecule has 1 amide bonds. The first-order chi connectivity index (χ1) is 18.1. The number of anilines is 2. The Bertz CT molecular complexity index is 1520. The van der Waals surface area contributed by atoms with E-state index in [9.17, 15) is 22.4 Å². The zero-order valence-electron chi connectivity index (χ0n) is 20.3. The fraction of sp³-hybridized carbons (Fsp3) is 0.269. The molecule has 2 aromatic carbocycles. The number of nitrogens with one attached hydrogen (secondary N) is 2. The van der Waals surface area contributed by atoms with Crippen molar-refractivity contribution in [1.82, 2.24) is 19.9 Å². The van der Waals surface area contributed by atoms with Gasteiger partial charge in [-0.25, -0.2) is 13.9 Å². The third-order valence-corrected chi connectivity index (χ3v) is 7.04. The maximum atomic E-state index is 13.5. The molecule has 38 heavy (non-hydrogen) atoms. The first-order valence-corrected chi connectivity index (χ1v) is 12.7. The quantitative estimate of drug-likeness (QED) is 0.191. The minimum absolute atomic E-state index is 0.125. The van der Waals surface area contributed by atoms with Crippen molar-refractivity contribution in [1.29, 1.82) is 0 Å². The molecular formula is C26H24F4N6OS. The number of halogens is 4. The number of hydrogen-bond donors (Lipinski definition) is 3. The van der Waals surface area contributed by atoms with Crippen LogP contribution in [-0.2, 0) is 0 Å². The molecule has 5 rings (SSSR count). The maximum absolute atomic E-state index is 13.5. The molecule has 4 N–H and O–H groups in total. The molecule has 2 heterocycles. The minimum Gasteiger partial charge on any atom is -0.398 e. The van der Waals surface area contributed by atoms with E-state index in [2.05, 4.69) is 20.7 Å². The zero-order valence-corrected chi connectivity index (χ0v) is 21.1. The fourth-order valence-corrected chi connectivity index (χ4v) is 4.79. The van der Waals surface area contributed by atoms with Crippen molar-refractivity contribution in [2.24, 2.45) is 0 Å². The van der Waals surface area contributed by atoms with Crippen LogP contribution in [0.15, 0.2) is 58.6 Å². The van der Waals surface area contributed by atoms with Crippen LogP contribution in [0.2, 0.25) is 0 Å². The number of amides is 1. The van der Waals surface area contributed by atoms with Crippen molar-refractivity contribution >= 4 is 34.7 Å². The third-order valence-electron chi connectivity index (χ3n) is 6.03. The average molecular weight is 545 g/mol. The standard InChI is InChI=1S/C26H24F4N6OS/c1-14-10-15(2-6-18(14)25(37)34-17-4-5-17)21-13-33-24-20(32-9-8-26(28,29)30)12-23(35-36(21)24)38-22-7-3-16(27)11-19(22)31/h2-3,6-7,10-13,17,32H,4-5,8-9,31H2,1H3,(H,34,37). The van der Waals surface area contributed by atoms with Crippen LogP contribution < -0.4 is 16.4 Å². The van der Waals surface area contributed by atoms with Gasteiger partial charge in [-0.05, 0) is 61.7 Å². The molecule has 12 heteroatoms. The second kappa shape index (κ2) is 10.2. The molecule has 0 unspecified atom stereocenters. The molecule has 0 spiro atoms. The van der Waals surface area contributed by atoms with Gasteiger partial charge in [-0.2, -0.15) is 18.3 Å². The molecule has 0 bridgehead atoms. The number of aromatic nitrogens is 3. The van der Waals surface area contributed by atoms with Crippen molar-refractivity contribution in [2.45, 2.75) is 48.3 Å². The molecule has 1 aliphatic rings. The first kappa shape index (κ1) is 25.8. The predicted octanol–water partition coefficient (Wildman–Crippen LogP) is 5.83. The Morgan fingerprint density at radius 2 is 1.97 bits per heavy atom. The van der Waals surface area contributed by atoms with E-state index in [0.29, 0.717) is 32.5 Å². The van der Waals surface area contributed by atoms with Crippen LogP contribution in [0.1, 0.15) is 35.2 Å². The average Bonchev–Trinajstić information content (AvgIpc) is 3.55. The van der Waals surface area contributed by atoms with Crippen LogP contribution in [0.25, 0.3) is 16.9 Å². The minimum atomic E-state index is -4.32. The monoisotopic (exact) mass is 544 g/mol.